The van der Waals surface area contributed by atoms with Crippen LogP contribution in [0, 0.1) is 0 Å². The van der Waals surface area contributed by atoms with Gasteiger partial charge in [-0.1, -0.05) is 110 Å². The Bertz CT molecular complexity index is 1320. The van der Waals surface area contributed by atoms with E-state index >= 15 is 0 Å². The average Bonchev–Trinajstić information content (AvgIpc) is 4.18. The van der Waals surface area contributed by atoms with Gasteiger partial charge in [-0.25, -0.2) is 24.0 Å². The summed E-state index contributed by atoms with van der Waals surface area (Å²) in [6, 6.07) is 2.44. The van der Waals surface area contributed by atoms with E-state index in [1.807, 2.05) is 124 Å². The van der Waals surface area contributed by atoms with Gasteiger partial charge in [-0.15, -0.1) is 15.3 Å². The van der Waals surface area contributed by atoms with Crippen LogP contribution in [0.3, 0.4) is 0 Å². The van der Waals surface area contributed by atoms with Crippen molar-refractivity contribution in [1.29, 1.82) is 0 Å². The molecule has 4 aliphatic heterocycles. The van der Waals surface area contributed by atoms with Crippen molar-refractivity contribution in [2.75, 3.05) is 26.2 Å². The van der Waals surface area contributed by atoms with Crippen LogP contribution in [0.25, 0.3) is 0 Å². The van der Waals surface area contributed by atoms with E-state index in [-0.39, 0.29) is 138 Å². The Morgan fingerprint density at radius 2 is 0.731 bits per heavy atom. The first kappa shape index (κ1) is 84.6. The largest absolute Gasteiger partial charge is 0.315 e. The van der Waals surface area contributed by atoms with Gasteiger partial charge in [0, 0.05) is 194 Å². The first-order valence-corrected chi connectivity index (χ1v) is 24.5. The van der Waals surface area contributed by atoms with Crippen molar-refractivity contribution in [2.24, 2.45) is 0 Å². The molecule has 0 unspecified atom stereocenters. The molecule has 0 aliphatic carbocycles. The van der Waals surface area contributed by atoms with Gasteiger partial charge in [0.1, 0.15) is 36.5 Å². The third-order valence-electron chi connectivity index (χ3n) is 9.53. The molecule has 4 aromatic rings. The predicted molar refractivity (Wildman–Crippen MR) is 268 cm³/mol. The molecule has 4 aliphatic rings. The summed E-state index contributed by atoms with van der Waals surface area (Å²) >= 11 is 0. The molecule has 4 aromatic heterocycles. The minimum absolute atomic E-state index is 0. The molecule has 4 radical (unpaired) electrons. The number of fused-ring (bicyclic) bond motifs is 4. The zero-order valence-corrected chi connectivity index (χ0v) is 57.9. The van der Waals surface area contributed by atoms with Crippen LogP contribution in [0.1, 0.15) is 183 Å². The second-order valence-corrected chi connectivity index (χ2v) is 13.9. The summed E-state index contributed by atoms with van der Waals surface area (Å²) < 4.78 is 8.08. The molecule has 0 N–H and O–H groups in total. The molecule has 0 saturated heterocycles. The average molecular weight is 1250 g/mol. The summed E-state index contributed by atoms with van der Waals surface area (Å²) in [6.07, 6.45) is 6.94. The maximum absolute atomic E-state index is 4.20. The van der Waals surface area contributed by atoms with E-state index in [4.69, 9.17) is 0 Å². The molecule has 0 atom stereocenters. The minimum Gasteiger partial charge on any atom is -0.315 e. The Balaban J connectivity index is -0.000000104. The number of rotatable bonds is 4. The number of hydrogen-bond acceptors (Lipinski definition) is 12. The summed E-state index contributed by atoms with van der Waals surface area (Å²) in [4.78, 5) is 18.0. The van der Waals surface area contributed by atoms with Crippen molar-refractivity contribution in [3.05, 3.63) is 48.3 Å². The Kier molecular flexibility index (Phi) is 68.9. The molecule has 8 heterocycles. The molecule has 16 nitrogen and oxygen atoms in total. The monoisotopic (exact) mass is 1250 g/mol. The molecule has 0 aromatic carbocycles. The smallest absolute Gasteiger partial charge is 0.147 e. The van der Waals surface area contributed by atoms with Gasteiger partial charge < -0.3 is 4.57 Å². The first-order valence-electron chi connectivity index (χ1n) is 24.5. The number of hydrogen-bond donors (Lipinski definition) is 0. The molecule has 382 valence electrons. The molecule has 0 bridgehead atoms. The summed E-state index contributed by atoms with van der Waals surface area (Å²) in [6.45, 7) is 57.9. The van der Waals surface area contributed by atoms with Gasteiger partial charge in [0.25, 0.3) is 0 Å². The first-order chi connectivity index (χ1) is 30.1. The fourth-order valence-corrected chi connectivity index (χ4v) is 6.11. The molecular weight excluding hydrogens is 1140 g/mol. The third kappa shape index (κ3) is 32.6. The normalized spacial score (nSPS) is 13.7. The van der Waals surface area contributed by atoms with E-state index in [2.05, 4.69) is 120 Å². The Hall–Kier alpha value is 0.816. The topological polar surface area (TPSA) is 136 Å². The zero-order chi connectivity index (χ0) is 48.2. The van der Waals surface area contributed by atoms with Crippen molar-refractivity contribution in [3.8, 4) is 0 Å². The third-order valence-corrected chi connectivity index (χ3v) is 9.53. The molecule has 0 amide bonds. The molecular formula is C47H102N16Y4. The summed E-state index contributed by atoms with van der Waals surface area (Å²) in [5.41, 5.74) is 1.23. The Labute approximate surface area is 514 Å². The van der Waals surface area contributed by atoms with Gasteiger partial charge in [-0.2, -0.15) is 10.2 Å². The van der Waals surface area contributed by atoms with Gasteiger partial charge in [0.2, 0.25) is 0 Å². The molecule has 0 saturated carbocycles. The molecule has 20 heteroatoms. The van der Waals surface area contributed by atoms with Crippen molar-refractivity contribution in [2.45, 2.75) is 236 Å². The maximum atomic E-state index is 4.20. The van der Waals surface area contributed by atoms with Crippen LogP contribution in [0.5, 0.6) is 0 Å². The SMILES string of the molecule is C.CC.CC.CC.CC.CC.CC.CC.CC(C)N1CCn2cnnc2C1.CC(C)N1CCn2ncnc2C1.CC(C)N1CCn2ncnc2C1.CC(C)N1CCn2nncc2C1.[Y].[Y].[Y].[Y]. The van der Waals surface area contributed by atoms with E-state index in [1.54, 1.807) is 12.7 Å². The quantitative estimate of drug-likeness (QED) is 0.193. The predicted octanol–water partition coefficient (Wildman–Crippen LogP) is 9.82. The van der Waals surface area contributed by atoms with Gasteiger partial charge >= 0.3 is 0 Å². The van der Waals surface area contributed by atoms with Crippen LogP contribution in [0.15, 0.2) is 25.2 Å². The number of aromatic nitrogens is 12. The van der Waals surface area contributed by atoms with Crippen molar-refractivity contribution >= 4 is 0 Å². The molecule has 0 spiro atoms. The van der Waals surface area contributed by atoms with Gasteiger partial charge in [0.05, 0.1) is 51.2 Å². The second kappa shape index (κ2) is 54.6. The zero-order valence-electron chi connectivity index (χ0n) is 46.6. The van der Waals surface area contributed by atoms with Crippen molar-refractivity contribution < 1.29 is 131 Å². The fraction of sp³-hybridized carbons (Fsp3) is 0.830. The second-order valence-electron chi connectivity index (χ2n) is 13.9. The van der Waals surface area contributed by atoms with Crippen LogP contribution in [-0.2, 0) is 183 Å². The summed E-state index contributed by atoms with van der Waals surface area (Å²) in [5.74, 6) is 3.28. The van der Waals surface area contributed by atoms with E-state index < -0.39 is 0 Å². The molecule has 8 rings (SSSR count). The van der Waals surface area contributed by atoms with E-state index in [0.717, 1.165) is 96.0 Å². The van der Waals surface area contributed by atoms with Crippen molar-refractivity contribution in [1.82, 2.24) is 78.9 Å². The van der Waals surface area contributed by atoms with E-state index in [9.17, 15) is 0 Å². The minimum atomic E-state index is 0. The Morgan fingerprint density at radius 1 is 0.403 bits per heavy atom. The molecule has 0 fully saturated rings. The van der Waals surface area contributed by atoms with Crippen LogP contribution < -0.4 is 0 Å². The molecule has 67 heavy (non-hydrogen) atoms. The van der Waals surface area contributed by atoms with Crippen LogP contribution in [-0.4, -0.2) is 129 Å². The van der Waals surface area contributed by atoms with E-state index in [1.165, 1.54) is 5.69 Å². The van der Waals surface area contributed by atoms with Crippen LogP contribution in [0.4, 0.5) is 0 Å². The van der Waals surface area contributed by atoms with Gasteiger partial charge in [-0.05, 0) is 55.4 Å². The van der Waals surface area contributed by atoms with Gasteiger partial charge in [0.15, 0.2) is 0 Å². The Morgan fingerprint density at radius 3 is 1.10 bits per heavy atom. The summed E-state index contributed by atoms with van der Waals surface area (Å²) in [7, 11) is 0. The summed E-state index contributed by atoms with van der Waals surface area (Å²) in [5, 5.41) is 24.1. The number of nitrogens with zero attached hydrogens (tertiary/aromatic N) is 16. The van der Waals surface area contributed by atoms with Crippen molar-refractivity contribution in [3.63, 3.8) is 0 Å². The van der Waals surface area contributed by atoms with E-state index in [0.29, 0.717) is 24.2 Å². The standard InChI is InChI=1S/4C8H14N4.7C2H6.CH4.4Y/c1-7(2)11-3-4-12-6-9-10-8(12)5-11;2*1-7(2)11-3-4-12-8(5-11)9-6-10-12;1-7(2)11-3-4-12-8(6-11)5-9-10-12;7*1-2;;;;;/h3*6-7H,3-5H2,1-2H3;5,7H,3-4,6H2,1-2H3;7*1-2H3;1H4;;;;. The van der Waals surface area contributed by atoms with Gasteiger partial charge in [-0.3, -0.25) is 19.6 Å². The fourth-order valence-electron chi connectivity index (χ4n) is 6.11. The van der Waals surface area contributed by atoms with Crippen LogP contribution >= 0.6 is 0 Å². The maximum Gasteiger partial charge on any atom is 0.147 e. The van der Waals surface area contributed by atoms with Crippen LogP contribution in [0.2, 0.25) is 0 Å².